The van der Waals surface area contributed by atoms with Crippen molar-refractivity contribution in [1.82, 2.24) is 4.72 Å². The van der Waals surface area contributed by atoms with Crippen molar-refractivity contribution in [2.75, 3.05) is 11.5 Å². The number of nitrogens with one attached hydrogen (secondary N) is 1. The van der Waals surface area contributed by atoms with Crippen LogP contribution in [0, 0.1) is 0 Å². The van der Waals surface area contributed by atoms with Crippen LogP contribution in [0.2, 0.25) is 0 Å². The first-order valence-corrected chi connectivity index (χ1v) is 9.44. The molecule has 5 nitrogen and oxygen atoms in total. The number of benzene rings is 1. The second kappa shape index (κ2) is 5.22. The van der Waals surface area contributed by atoms with E-state index in [4.69, 9.17) is 0 Å². The summed E-state index contributed by atoms with van der Waals surface area (Å²) in [5.41, 5.74) is 1.06. The smallest absolute Gasteiger partial charge is 0.229 e. The van der Waals surface area contributed by atoms with Crippen molar-refractivity contribution in [2.45, 2.75) is 30.7 Å². The minimum absolute atomic E-state index is 0.0506. The minimum atomic E-state index is -3.63. The number of hydrogen-bond donors (Lipinski definition) is 1. The Hall–Kier alpha value is -0.920. The van der Waals surface area contributed by atoms with Crippen LogP contribution in [0.25, 0.3) is 0 Å². The van der Waals surface area contributed by atoms with Crippen LogP contribution in [0.15, 0.2) is 29.2 Å². The van der Waals surface area contributed by atoms with Gasteiger partial charge in [0.1, 0.15) is 0 Å². The molecule has 2 rings (SSSR count). The molecule has 1 aromatic carbocycles. The highest BCUT2D eigenvalue weighted by molar-refractivity contribution is 7.92. The standard InChI is InChI=1S/C12H17NO4S2/c1-2-10-3-5-12(6-4-10)19(16,17)13-11-7-8-18(14,15)9-11/h3-6,11,13H,2,7-9H2,1H3/t11-/m0/s1. The van der Waals surface area contributed by atoms with Gasteiger partial charge in [-0.1, -0.05) is 19.1 Å². The van der Waals surface area contributed by atoms with Gasteiger partial charge in [0.15, 0.2) is 9.84 Å². The van der Waals surface area contributed by atoms with Gasteiger partial charge in [-0.3, -0.25) is 0 Å². The summed E-state index contributed by atoms with van der Waals surface area (Å²) >= 11 is 0. The average Bonchev–Trinajstić information content (AvgIpc) is 2.68. The van der Waals surface area contributed by atoms with Crippen molar-refractivity contribution in [3.8, 4) is 0 Å². The van der Waals surface area contributed by atoms with Crippen LogP contribution in [0.4, 0.5) is 0 Å². The van der Waals surface area contributed by atoms with E-state index in [1.165, 1.54) is 0 Å². The zero-order valence-electron chi connectivity index (χ0n) is 10.7. The Morgan fingerprint density at radius 3 is 2.37 bits per heavy atom. The third-order valence-corrected chi connectivity index (χ3v) is 6.50. The first-order chi connectivity index (χ1) is 8.82. The minimum Gasteiger partial charge on any atom is -0.229 e. The van der Waals surface area contributed by atoms with Gasteiger partial charge < -0.3 is 0 Å². The van der Waals surface area contributed by atoms with E-state index in [9.17, 15) is 16.8 Å². The molecule has 1 N–H and O–H groups in total. The second-order valence-corrected chi connectivity index (χ2v) is 8.66. The Bertz CT molecular complexity index is 647. The molecule has 1 fully saturated rings. The lowest BCUT2D eigenvalue weighted by molar-refractivity contribution is 0.562. The van der Waals surface area contributed by atoms with Crippen molar-refractivity contribution < 1.29 is 16.8 Å². The Morgan fingerprint density at radius 1 is 1.26 bits per heavy atom. The van der Waals surface area contributed by atoms with Crippen LogP contribution in [-0.2, 0) is 26.3 Å². The van der Waals surface area contributed by atoms with Crippen LogP contribution in [-0.4, -0.2) is 34.4 Å². The monoisotopic (exact) mass is 303 g/mol. The molecule has 0 bridgehead atoms. The highest BCUT2D eigenvalue weighted by Gasteiger charge is 2.31. The Balaban J connectivity index is 2.14. The number of sulfonamides is 1. The van der Waals surface area contributed by atoms with E-state index in [1.54, 1.807) is 24.3 Å². The summed E-state index contributed by atoms with van der Waals surface area (Å²) in [5, 5.41) is 0. The van der Waals surface area contributed by atoms with E-state index < -0.39 is 25.9 Å². The summed E-state index contributed by atoms with van der Waals surface area (Å²) in [6.07, 6.45) is 1.18. The molecule has 0 unspecified atom stereocenters. The van der Waals surface area contributed by atoms with Crippen LogP contribution in [0.5, 0.6) is 0 Å². The molecular formula is C12H17NO4S2. The van der Waals surface area contributed by atoms with Crippen molar-refractivity contribution in [3.05, 3.63) is 29.8 Å². The Kier molecular flexibility index (Phi) is 3.98. The van der Waals surface area contributed by atoms with E-state index in [2.05, 4.69) is 4.72 Å². The average molecular weight is 303 g/mol. The molecule has 1 heterocycles. The van der Waals surface area contributed by atoms with Crippen LogP contribution in [0.1, 0.15) is 18.9 Å². The number of sulfone groups is 1. The van der Waals surface area contributed by atoms with Gasteiger partial charge >= 0.3 is 0 Å². The normalized spacial score (nSPS) is 22.5. The lowest BCUT2D eigenvalue weighted by atomic mass is 10.2. The zero-order chi connectivity index (χ0) is 14.1. The van der Waals surface area contributed by atoms with Crippen molar-refractivity contribution >= 4 is 19.9 Å². The maximum absolute atomic E-state index is 12.1. The van der Waals surface area contributed by atoms with Gasteiger partial charge in [0, 0.05) is 6.04 Å². The molecule has 0 aromatic heterocycles. The third kappa shape index (κ3) is 3.55. The van der Waals surface area contributed by atoms with Gasteiger partial charge in [-0.2, -0.15) is 0 Å². The predicted molar refractivity (Wildman–Crippen MR) is 73.2 cm³/mol. The predicted octanol–water partition coefficient (Wildman–Crippen LogP) is 0.714. The zero-order valence-corrected chi connectivity index (χ0v) is 12.3. The van der Waals surface area contributed by atoms with Crippen LogP contribution < -0.4 is 4.72 Å². The fraction of sp³-hybridized carbons (Fsp3) is 0.500. The Labute approximate surface area is 114 Å². The summed E-state index contributed by atoms with van der Waals surface area (Å²) in [7, 11) is -6.72. The van der Waals surface area contributed by atoms with E-state index in [-0.39, 0.29) is 16.4 Å². The number of hydrogen-bond acceptors (Lipinski definition) is 4. The molecule has 0 aliphatic carbocycles. The van der Waals surface area contributed by atoms with E-state index in [0.29, 0.717) is 6.42 Å². The first kappa shape index (κ1) is 14.5. The summed E-state index contributed by atoms with van der Waals surface area (Å²) in [4.78, 5) is 0.175. The van der Waals surface area contributed by atoms with Crippen LogP contribution in [0.3, 0.4) is 0 Å². The largest absolute Gasteiger partial charge is 0.240 e. The fourth-order valence-corrected chi connectivity index (χ4v) is 5.13. The molecule has 0 radical (unpaired) electrons. The molecule has 1 aliphatic rings. The van der Waals surface area contributed by atoms with Gasteiger partial charge in [-0.25, -0.2) is 21.6 Å². The first-order valence-electron chi connectivity index (χ1n) is 6.14. The highest BCUT2D eigenvalue weighted by Crippen LogP contribution is 2.16. The lowest BCUT2D eigenvalue weighted by Gasteiger charge is -2.11. The van der Waals surface area contributed by atoms with Gasteiger partial charge in [0.2, 0.25) is 10.0 Å². The van der Waals surface area contributed by atoms with Gasteiger partial charge in [-0.05, 0) is 30.5 Å². The molecule has 1 atom stereocenters. The molecule has 1 saturated heterocycles. The molecule has 0 saturated carbocycles. The van der Waals surface area contributed by atoms with E-state index in [0.717, 1.165) is 12.0 Å². The third-order valence-electron chi connectivity index (χ3n) is 3.20. The van der Waals surface area contributed by atoms with Crippen molar-refractivity contribution in [2.24, 2.45) is 0 Å². The Morgan fingerprint density at radius 2 is 1.89 bits per heavy atom. The van der Waals surface area contributed by atoms with Gasteiger partial charge in [0.05, 0.1) is 16.4 Å². The second-order valence-electron chi connectivity index (χ2n) is 4.72. The molecule has 7 heteroatoms. The summed E-state index contributed by atoms with van der Waals surface area (Å²) in [6, 6.07) is 6.11. The van der Waals surface area contributed by atoms with Crippen molar-refractivity contribution in [3.63, 3.8) is 0 Å². The molecule has 0 spiro atoms. The maximum Gasteiger partial charge on any atom is 0.240 e. The van der Waals surface area contributed by atoms with E-state index >= 15 is 0 Å². The number of rotatable bonds is 4. The summed E-state index contributed by atoms with van der Waals surface area (Å²) in [5.74, 6) is -0.0613. The summed E-state index contributed by atoms with van der Waals surface area (Å²) < 4.78 is 49.3. The molecule has 19 heavy (non-hydrogen) atoms. The van der Waals surface area contributed by atoms with Crippen molar-refractivity contribution in [1.29, 1.82) is 0 Å². The molecule has 1 aromatic rings. The molecular weight excluding hydrogens is 286 g/mol. The highest BCUT2D eigenvalue weighted by atomic mass is 32.2. The topological polar surface area (TPSA) is 80.3 Å². The fourth-order valence-electron chi connectivity index (χ4n) is 2.08. The summed E-state index contributed by atoms with van der Waals surface area (Å²) in [6.45, 7) is 1.99. The van der Waals surface area contributed by atoms with Crippen LogP contribution >= 0.6 is 0 Å². The maximum atomic E-state index is 12.1. The number of aryl methyl sites for hydroxylation is 1. The lowest BCUT2D eigenvalue weighted by Crippen LogP contribution is -2.35. The van der Waals surface area contributed by atoms with Gasteiger partial charge in [0.25, 0.3) is 0 Å². The van der Waals surface area contributed by atoms with E-state index in [1.807, 2.05) is 6.92 Å². The molecule has 1 aliphatic heterocycles. The molecule has 106 valence electrons. The molecule has 0 amide bonds. The van der Waals surface area contributed by atoms with Gasteiger partial charge in [-0.15, -0.1) is 0 Å². The quantitative estimate of drug-likeness (QED) is 0.888. The SMILES string of the molecule is CCc1ccc(S(=O)(=O)N[C@H]2CCS(=O)(=O)C2)cc1.